The SMILES string of the molecule is NC(=O)C1C(N)CC(N)CN1c1ccncc1. The Morgan fingerprint density at radius 3 is 2.59 bits per heavy atom. The van der Waals surface area contributed by atoms with Gasteiger partial charge < -0.3 is 22.1 Å². The van der Waals surface area contributed by atoms with E-state index in [0.717, 1.165) is 5.69 Å². The van der Waals surface area contributed by atoms with Gasteiger partial charge in [-0.25, -0.2) is 0 Å². The topological polar surface area (TPSA) is 111 Å². The molecule has 3 atom stereocenters. The first kappa shape index (κ1) is 11.8. The molecule has 1 aromatic rings. The summed E-state index contributed by atoms with van der Waals surface area (Å²) < 4.78 is 0. The van der Waals surface area contributed by atoms with Gasteiger partial charge >= 0.3 is 0 Å². The fourth-order valence-corrected chi connectivity index (χ4v) is 2.32. The van der Waals surface area contributed by atoms with Gasteiger partial charge in [-0.05, 0) is 18.6 Å². The molecule has 0 aromatic carbocycles. The Morgan fingerprint density at radius 1 is 1.35 bits per heavy atom. The Hall–Kier alpha value is -1.66. The molecule has 6 heteroatoms. The number of anilines is 1. The Morgan fingerprint density at radius 2 is 2.00 bits per heavy atom. The number of aromatic nitrogens is 1. The van der Waals surface area contributed by atoms with Crippen molar-refractivity contribution in [2.45, 2.75) is 24.5 Å². The van der Waals surface area contributed by atoms with Crippen molar-refractivity contribution < 1.29 is 4.79 Å². The van der Waals surface area contributed by atoms with Gasteiger partial charge in [-0.1, -0.05) is 0 Å². The van der Waals surface area contributed by atoms with Gasteiger partial charge in [-0.2, -0.15) is 0 Å². The number of amides is 1. The average Bonchev–Trinajstić information content (AvgIpc) is 2.28. The third-order valence-corrected chi connectivity index (χ3v) is 3.03. The number of hydrogen-bond acceptors (Lipinski definition) is 5. The molecule has 2 rings (SSSR count). The third kappa shape index (κ3) is 2.37. The van der Waals surface area contributed by atoms with Gasteiger partial charge in [0, 0.05) is 36.7 Å². The minimum Gasteiger partial charge on any atom is -0.368 e. The highest BCUT2D eigenvalue weighted by molar-refractivity contribution is 5.85. The number of nitrogens with zero attached hydrogens (tertiary/aromatic N) is 2. The van der Waals surface area contributed by atoms with Gasteiger partial charge in [0.2, 0.25) is 5.91 Å². The van der Waals surface area contributed by atoms with E-state index >= 15 is 0 Å². The van der Waals surface area contributed by atoms with Crippen LogP contribution in [0.25, 0.3) is 0 Å². The lowest BCUT2D eigenvalue weighted by Crippen LogP contribution is -2.63. The molecule has 1 fully saturated rings. The maximum Gasteiger partial charge on any atom is 0.241 e. The molecule has 0 saturated carbocycles. The van der Waals surface area contributed by atoms with Crippen LogP contribution in [0.5, 0.6) is 0 Å². The number of hydrogen-bond donors (Lipinski definition) is 3. The number of nitrogens with two attached hydrogens (primary N) is 3. The Bertz CT molecular complexity index is 396. The second kappa shape index (κ2) is 4.68. The fourth-order valence-electron chi connectivity index (χ4n) is 2.32. The van der Waals surface area contributed by atoms with Gasteiger partial charge in [-0.15, -0.1) is 0 Å². The van der Waals surface area contributed by atoms with Crippen LogP contribution in [0.1, 0.15) is 6.42 Å². The summed E-state index contributed by atoms with van der Waals surface area (Å²) in [5.74, 6) is -0.416. The summed E-state index contributed by atoms with van der Waals surface area (Å²) in [5.41, 5.74) is 18.2. The molecule has 0 bridgehead atoms. The van der Waals surface area contributed by atoms with Crippen LogP contribution >= 0.6 is 0 Å². The molecule has 1 aliphatic rings. The van der Waals surface area contributed by atoms with E-state index in [2.05, 4.69) is 4.98 Å². The first-order valence-electron chi connectivity index (χ1n) is 5.56. The van der Waals surface area contributed by atoms with Crippen molar-refractivity contribution in [1.29, 1.82) is 0 Å². The number of carbonyl (C=O) groups is 1. The van der Waals surface area contributed by atoms with E-state index in [0.29, 0.717) is 13.0 Å². The lowest BCUT2D eigenvalue weighted by molar-refractivity contribution is -0.120. The minimum atomic E-state index is -0.503. The molecule has 0 spiro atoms. The molecule has 6 nitrogen and oxygen atoms in total. The van der Waals surface area contributed by atoms with Crippen LogP contribution in [0.15, 0.2) is 24.5 Å². The lowest BCUT2D eigenvalue weighted by Gasteiger charge is -2.42. The minimum absolute atomic E-state index is 0.0474. The molecule has 1 saturated heterocycles. The van der Waals surface area contributed by atoms with Crippen LogP contribution in [0.4, 0.5) is 5.69 Å². The average molecular weight is 235 g/mol. The van der Waals surface area contributed by atoms with Gasteiger partial charge in [0.25, 0.3) is 0 Å². The molecule has 0 radical (unpaired) electrons. The third-order valence-electron chi connectivity index (χ3n) is 3.03. The largest absolute Gasteiger partial charge is 0.368 e. The van der Waals surface area contributed by atoms with E-state index in [1.54, 1.807) is 12.4 Å². The quantitative estimate of drug-likeness (QED) is 0.596. The standard InChI is InChI=1S/C11H17N5O/c12-7-5-9(13)10(11(14)17)16(6-7)8-1-3-15-4-2-8/h1-4,7,9-10H,5-6,12-13H2,(H2,14,17). The predicted octanol–water partition coefficient (Wildman–Crippen LogP) is -1.20. The van der Waals surface area contributed by atoms with Crippen molar-refractivity contribution in [3.63, 3.8) is 0 Å². The maximum absolute atomic E-state index is 11.5. The molecule has 92 valence electrons. The van der Waals surface area contributed by atoms with Crippen LogP contribution in [-0.2, 0) is 4.79 Å². The number of carbonyl (C=O) groups excluding carboxylic acids is 1. The van der Waals surface area contributed by atoms with E-state index in [4.69, 9.17) is 17.2 Å². The monoisotopic (exact) mass is 235 g/mol. The van der Waals surface area contributed by atoms with Crippen LogP contribution in [0, 0.1) is 0 Å². The zero-order valence-electron chi connectivity index (χ0n) is 9.49. The number of pyridine rings is 1. The summed E-state index contributed by atoms with van der Waals surface area (Å²) in [6.07, 6.45) is 3.94. The van der Waals surface area contributed by atoms with Crippen molar-refractivity contribution in [2.75, 3.05) is 11.4 Å². The molecule has 0 aliphatic carbocycles. The zero-order chi connectivity index (χ0) is 12.4. The first-order chi connectivity index (χ1) is 8.09. The first-order valence-corrected chi connectivity index (χ1v) is 5.56. The van der Waals surface area contributed by atoms with Gasteiger partial charge in [0.1, 0.15) is 6.04 Å². The smallest absolute Gasteiger partial charge is 0.241 e. The lowest BCUT2D eigenvalue weighted by atomic mass is 9.93. The second-order valence-electron chi connectivity index (χ2n) is 4.36. The summed E-state index contributed by atoms with van der Waals surface area (Å²) in [6.45, 7) is 0.575. The fraction of sp³-hybridized carbons (Fsp3) is 0.455. The van der Waals surface area contributed by atoms with Crippen molar-refractivity contribution >= 4 is 11.6 Å². The molecule has 3 unspecified atom stereocenters. The van der Waals surface area contributed by atoms with Crippen LogP contribution < -0.4 is 22.1 Å². The van der Waals surface area contributed by atoms with Gasteiger partial charge in [0.15, 0.2) is 0 Å². The van der Waals surface area contributed by atoms with E-state index in [9.17, 15) is 4.79 Å². The summed E-state index contributed by atoms with van der Waals surface area (Å²) in [4.78, 5) is 17.3. The highest BCUT2D eigenvalue weighted by atomic mass is 16.1. The van der Waals surface area contributed by atoms with Gasteiger partial charge in [0.05, 0.1) is 0 Å². The second-order valence-corrected chi connectivity index (χ2v) is 4.36. The maximum atomic E-state index is 11.5. The van der Waals surface area contributed by atoms with Crippen molar-refractivity contribution in [3.05, 3.63) is 24.5 Å². The molecule has 6 N–H and O–H groups in total. The molecular weight excluding hydrogens is 218 g/mol. The number of piperidine rings is 1. The van der Waals surface area contributed by atoms with E-state index in [1.807, 2.05) is 17.0 Å². The summed E-state index contributed by atoms with van der Waals surface area (Å²) in [6, 6.07) is 2.76. The van der Waals surface area contributed by atoms with E-state index < -0.39 is 11.9 Å². The normalized spacial score (nSPS) is 29.1. The highest BCUT2D eigenvalue weighted by Gasteiger charge is 2.36. The Labute approximate surface area is 99.8 Å². The Balaban J connectivity index is 2.31. The molecule has 17 heavy (non-hydrogen) atoms. The number of rotatable bonds is 2. The molecule has 1 aliphatic heterocycles. The predicted molar refractivity (Wildman–Crippen MR) is 65.1 cm³/mol. The van der Waals surface area contributed by atoms with Crippen molar-refractivity contribution in [2.24, 2.45) is 17.2 Å². The summed E-state index contributed by atoms with van der Waals surface area (Å²) >= 11 is 0. The van der Waals surface area contributed by atoms with Crippen LogP contribution in [0.3, 0.4) is 0 Å². The Kier molecular flexibility index (Phi) is 3.26. The molecule has 1 amide bonds. The van der Waals surface area contributed by atoms with E-state index in [1.165, 1.54) is 0 Å². The van der Waals surface area contributed by atoms with Crippen molar-refractivity contribution in [1.82, 2.24) is 4.98 Å². The van der Waals surface area contributed by atoms with Crippen molar-refractivity contribution in [3.8, 4) is 0 Å². The zero-order valence-corrected chi connectivity index (χ0v) is 9.49. The molecular formula is C11H17N5O. The van der Waals surface area contributed by atoms with Crippen LogP contribution in [-0.4, -0.2) is 35.6 Å². The number of primary amides is 1. The molecule has 1 aromatic heterocycles. The van der Waals surface area contributed by atoms with Gasteiger partial charge in [-0.3, -0.25) is 9.78 Å². The summed E-state index contributed by atoms with van der Waals surface area (Å²) in [7, 11) is 0. The van der Waals surface area contributed by atoms with Crippen LogP contribution in [0.2, 0.25) is 0 Å². The molecule has 2 heterocycles. The van der Waals surface area contributed by atoms with E-state index in [-0.39, 0.29) is 12.1 Å². The highest BCUT2D eigenvalue weighted by Crippen LogP contribution is 2.23. The summed E-state index contributed by atoms with van der Waals surface area (Å²) in [5, 5.41) is 0.